The van der Waals surface area contributed by atoms with E-state index in [2.05, 4.69) is 50.4 Å². The zero-order chi connectivity index (χ0) is 13.9. The summed E-state index contributed by atoms with van der Waals surface area (Å²) < 4.78 is 0. The van der Waals surface area contributed by atoms with E-state index in [0.29, 0.717) is 18.6 Å². The summed E-state index contributed by atoms with van der Waals surface area (Å²) in [6, 6.07) is 9.30. The summed E-state index contributed by atoms with van der Waals surface area (Å²) >= 11 is 0. The van der Waals surface area contributed by atoms with Crippen molar-refractivity contribution in [3.8, 4) is 0 Å². The maximum absolute atomic E-state index is 9.32. The second-order valence-electron chi connectivity index (χ2n) is 6.60. The van der Waals surface area contributed by atoms with E-state index in [4.69, 9.17) is 0 Å². The first-order valence-electron chi connectivity index (χ1n) is 7.48. The molecule has 1 unspecified atom stereocenters. The fourth-order valence-electron chi connectivity index (χ4n) is 2.47. The van der Waals surface area contributed by atoms with Crippen LogP contribution in [0.15, 0.2) is 24.3 Å². The molecule has 1 fully saturated rings. The Hall–Kier alpha value is -0.860. The Morgan fingerprint density at radius 3 is 2.26 bits per heavy atom. The fourth-order valence-corrected chi connectivity index (χ4v) is 2.47. The molecule has 1 aromatic rings. The Balaban J connectivity index is 1.86. The topological polar surface area (TPSA) is 32.3 Å². The predicted molar refractivity (Wildman–Crippen MR) is 80.2 cm³/mol. The Morgan fingerprint density at radius 1 is 1.16 bits per heavy atom. The van der Waals surface area contributed by atoms with Crippen molar-refractivity contribution in [1.29, 1.82) is 0 Å². The van der Waals surface area contributed by atoms with Crippen molar-refractivity contribution in [2.75, 3.05) is 13.2 Å². The zero-order valence-corrected chi connectivity index (χ0v) is 12.4. The van der Waals surface area contributed by atoms with Gasteiger partial charge < -0.3 is 10.4 Å². The van der Waals surface area contributed by atoms with Gasteiger partial charge in [-0.2, -0.15) is 0 Å². The molecule has 0 aromatic heterocycles. The number of aliphatic hydroxyl groups is 1. The third kappa shape index (κ3) is 4.05. The average molecular weight is 261 g/mol. The van der Waals surface area contributed by atoms with Gasteiger partial charge in [-0.3, -0.25) is 0 Å². The van der Waals surface area contributed by atoms with E-state index in [-0.39, 0.29) is 5.41 Å². The molecule has 0 saturated heterocycles. The van der Waals surface area contributed by atoms with Gasteiger partial charge >= 0.3 is 0 Å². The molecule has 2 nitrogen and oxygen atoms in total. The second-order valence-corrected chi connectivity index (χ2v) is 6.60. The molecule has 0 spiro atoms. The van der Waals surface area contributed by atoms with Gasteiger partial charge in [-0.05, 0) is 43.2 Å². The molecule has 1 aliphatic carbocycles. The molecule has 19 heavy (non-hydrogen) atoms. The Morgan fingerprint density at radius 2 is 1.79 bits per heavy atom. The number of nitrogens with one attached hydrogen (secondary N) is 1. The smallest absolute Gasteiger partial charge is 0.0499 e. The minimum Gasteiger partial charge on any atom is -0.396 e. The third-order valence-electron chi connectivity index (χ3n) is 4.20. The Bertz CT molecular complexity index is 392. The maximum atomic E-state index is 9.32. The molecule has 0 bridgehead atoms. The van der Waals surface area contributed by atoms with Crippen LogP contribution in [0.25, 0.3) is 0 Å². The van der Waals surface area contributed by atoms with Crippen molar-refractivity contribution in [3.63, 3.8) is 0 Å². The summed E-state index contributed by atoms with van der Waals surface area (Å²) in [5.41, 5.74) is 2.94. The first-order valence-corrected chi connectivity index (χ1v) is 7.48. The van der Waals surface area contributed by atoms with E-state index in [1.807, 2.05) is 0 Å². The Labute approximate surface area is 117 Å². The first kappa shape index (κ1) is 14.5. The summed E-state index contributed by atoms with van der Waals surface area (Å²) in [7, 11) is 0. The molecule has 2 rings (SSSR count). The van der Waals surface area contributed by atoms with Gasteiger partial charge in [0, 0.05) is 24.6 Å². The number of aliphatic hydroxyl groups excluding tert-OH is 1. The molecule has 1 aromatic carbocycles. The summed E-state index contributed by atoms with van der Waals surface area (Å²) in [6.45, 7) is 7.95. The molecule has 0 aliphatic heterocycles. The van der Waals surface area contributed by atoms with Gasteiger partial charge in [0.2, 0.25) is 0 Å². The van der Waals surface area contributed by atoms with Crippen LogP contribution in [0.5, 0.6) is 0 Å². The van der Waals surface area contributed by atoms with Crippen molar-refractivity contribution in [1.82, 2.24) is 5.32 Å². The summed E-state index contributed by atoms with van der Waals surface area (Å²) in [4.78, 5) is 0. The standard InChI is InChI=1S/C17H27NO/c1-13(2)10-15-4-6-16(7-5-15)14(3)18-11-17(12-19)8-9-17/h4-7,13-14,18-19H,8-12H2,1-3H3. The number of rotatable bonds is 7. The normalized spacial score (nSPS) is 18.6. The quantitative estimate of drug-likeness (QED) is 0.789. The zero-order valence-electron chi connectivity index (χ0n) is 12.4. The molecule has 0 amide bonds. The third-order valence-corrected chi connectivity index (χ3v) is 4.20. The monoisotopic (exact) mass is 261 g/mol. The van der Waals surface area contributed by atoms with Gasteiger partial charge in [0.05, 0.1) is 0 Å². The van der Waals surface area contributed by atoms with E-state index >= 15 is 0 Å². The van der Waals surface area contributed by atoms with Crippen molar-refractivity contribution in [3.05, 3.63) is 35.4 Å². The highest BCUT2D eigenvalue weighted by Crippen LogP contribution is 2.44. The van der Waals surface area contributed by atoms with Gasteiger partial charge in [0.25, 0.3) is 0 Å². The van der Waals surface area contributed by atoms with Gasteiger partial charge in [0.1, 0.15) is 0 Å². The van der Waals surface area contributed by atoms with Crippen molar-refractivity contribution >= 4 is 0 Å². The van der Waals surface area contributed by atoms with Gasteiger partial charge in [0.15, 0.2) is 0 Å². The SMILES string of the molecule is CC(C)Cc1ccc(C(C)NCC2(CO)CC2)cc1. The van der Waals surface area contributed by atoms with Gasteiger partial charge in [-0.1, -0.05) is 38.1 Å². The molecule has 106 valence electrons. The largest absolute Gasteiger partial charge is 0.396 e. The van der Waals surface area contributed by atoms with Crippen LogP contribution in [0.1, 0.15) is 50.8 Å². The second kappa shape index (κ2) is 6.06. The number of benzene rings is 1. The molecule has 0 radical (unpaired) electrons. The lowest BCUT2D eigenvalue weighted by Crippen LogP contribution is -2.28. The van der Waals surface area contributed by atoms with Crippen molar-refractivity contribution < 1.29 is 5.11 Å². The molecule has 2 N–H and O–H groups in total. The van der Waals surface area contributed by atoms with Crippen molar-refractivity contribution in [2.45, 2.75) is 46.1 Å². The predicted octanol–water partition coefficient (Wildman–Crippen LogP) is 3.31. The molecule has 0 heterocycles. The highest BCUT2D eigenvalue weighted by molar-refractivity contribution is 5.25. The van der Waals surface area contributed by atoms with Crippen LogP contribution in [0, 0.1) is 11.3 Å². The van der Waals surface area contributed by atoms with Crippen LogP contribution in [-0.4, -0.2) is 18.3 Å². The number of hydrogen-bond donors (Lipinski definition) is 2. The lowest BCUT2D eigenvalue weighted by Gasteiger charge is -2.19. The van der Waals surface area contributed by atoms with E-state index in [9.17, 15) is 5.11 Å². The fraction of sp³-hybridized carbons (Fsp3) is 0.647. The number of hydrogen-bond acceptors (Lipinski definition) is 2. The highest BCUT2D eigenvalue weighted by atomic mass is 16.3. The summed E-state index contributed by atoms with van der Waals surface area (Å²) in [5.74, 6) is 0.709. The van der Waals surface area contributed by atoms with Crippen LogP contribution >= 0.6 is 0 Å². The van der Waals surface area contributed by atoms with Crippen molar-refractivity contribution in [2.24, 2.45) is 11.3 Å². The van der Waals surface area contributed by atoms with Crippen LogP contribution in [-0.2, 0) is 6.42 Å². The maximum Gasteiger partial charge on any atom is 0.0499 e. The average Bonchev–Trinajstić information content (AvgIpc) is 3.17. The van der Waals surface area contributed by atoms with Crippen LogP contribution in [0.4, 0.5) is 0 Å². The van der Waals surface area contributed by atoms with Crippen LogP contribution in [0.3, 0.4) is 0 Å². The molecule has 2 heteroatoms. The molecular weight excluding hydrogens is 234 g/mol. The van der Waals surface area contributed by atoms with E-state index in [0.717, 1.165) is 25.8 Å². The lowest BCUT2D eigenvalue weighted by molar-refractivity contribution is 0.204. The summed E-state index contributed by atoms with van der Waals surface area (Å²) in [6.07, 6.45) is 3.48. The van der Waals surface area contributed by atoms with Crippen LogP contribution < -0.4 is 5.32 Å². The van der Waals surface area contributed by atoms with Gasteiger partial charge in [-0.25, -0.2) is 0 Å². The van der Waals surface area contributed by atoms with E-state index < -0.39 is 0 Å². The molecule has 1 aliphatic rings. The highest BCUT2D eigenvalue weighted by Gasteiger charge is 2.41. The molecule has 1 atom stereocenters. The van der Waals surface area contributed by atoms with Gasteiger partial charge in [-0.15, -0.1) is 0 Å². The minimum atomic E-state index is 0.186. The van der Waals surface area contributed by atoms with E-state index in [1.165, 1.54) is 11.1 Å². The summed E-state index contributed by atoms with van der Waals surface area (Å²) in [5, 5.41) is 12.9. The van der Waals surface area contributed by atoms with E-state index in [1.54, 1.807) is 0 Å². The minimum absolute atomic E-state index is 0.186. The Kier molecular flexibility index (Phi) is 4.64. The first-order chi connectivity index (χ1) is 9.04. The van der Waals surface area contributed by atoms with Crippen LogP contribution in [0.2, 0.25) is 0 Å². The molecular formula is C17H27NO. The lowest BCUT2D eigenvalue weighted by atomic mass is 9.99. The molecule has 1 saturated carbocycles.